The van der Waals surface area contributed by atoms with Crippen molar-refractivity contribution >= 4 is 23.5 Å². The second-order valence-corrected chi connectivity index (χ2v) is 5.65. The van der Waals surface area contributed by atoms with Gasteiger partial charge in [0.2, 0.25) is 5.95 Å². The summed E-state index contributed by atoms with van der Waals surface area (Å²) in [6.07, 6.45) is 2.13. The number of nitrogens with one attached hydrogen (secondary N) is 2. The standard InChI is InChI=1S/C15H17ClN4O3/c16-11-5-3-10(4-6-11)14-18-15(20-19-14)17-13(21)9-22-8-12-2-1-7-23-12/h3-6,12H,1-2,7-9H2,(H2,17,18,19,20,21)/t12-/m1/s1. The minimum absolute atomic E-state index is 0.0509. The summed E-state index contributed by atoms with van der Waals surface area (Å²) in [6, 6.07) is 7.16. The summed E-state index contributed by atoms with van der Waals surface area (Å²) in [7, 11) is 0. The molecule has 3 rings (SSSR count). The fourth-order valence-electron chi connectivity index (χ4n) is 2.27. The van der Waals surface area contributed by atoms with Gasteiger partial charge >= 0.3 is 0 Å². The Labute approximate surface area is 138 Å². The highest BCUT2D eigenvalue weighted by Crippen LogP contribution is 2.18. The molecule has 1 atom stereocenters. The fourth-order valence-corrected chi connectivity index (χ4v) is 2.40. The summed E-state index contributed by atoms with van der Waals surface area (Å²) in [6.45, 7) is 1.15. The number of carbonyl (C=O) groups excluding carboxylic acids is 1. The Kier molecular flexibility index (Phi) is 5.22. The third-order valence-corrected chi connectivity index (χ3v) is 3.67. The van der Waals surface area contributed by atoms with E-state index in [9.17, 15) is 4.79 Å². The molecule has 1 aliphatic heterocycles. The predicted octanol–water partition coefficient (Wildman–Crippen LogP) is 2.26. The van der Waals surface area contributed by atoms with Crippen LogP contribution in [0.3, 0.4) is 0 Å². The average Bonchev–Trinajstić information content (AvgIpc) is 3.20. The van der Waals surface area contributed by atoms with Crippen molar-refractivity contribution in [1.82, 2.24) is 15.2 Å². The fraction of sp³-hybridized carbons (Fsp3) is 0.400. The molecule has 1 aromatic carbocycles. The second kappa shape index (κ2) is 7.54. The van der Waals surface area contributed by atoms with Crippen molar-refractivity contribution < 1.29 is 14.3 Å². The minimum atomic E-state index is -0.301. The van der Waals surface area contributed by atoms with Crippen molar-refractivity contribution in [3.05, 3.63) is 29.3 Å². The van der Waals surface area contributed by atoms with Crippen LogP contribution in [0.5, 0.6) is 0 Å². The SMILES string of the molecule is O=C(COC[C@H]1CCCO1)Nc1n[nH]c(-c2ccc(Cl)cc2)n1. The molecule has 1 aromatic heterocycles. The van der Waals surface area contributed by atoms with E-state index in [0.29, 0.717) is 17.5 Å². The molecule has 0 saturated carbocycles. The summed E-state index contributed by atoms with van der Waals surface area (Å²) < 4.78 is 10.8. The third-order valence-electron chi connectivity index (χ3n) is 3.42. The molecule has 1 fully saturated rings. The van der Waals surface area contributed by atoms with E-state index in [1.807, 2.05) is 12.1 Å². The highest BCUT2D eigenvalue weighted by molar-refractivity contribution is 6.30. The van der Waals surface area contributed by atoms with Crippen molar-refractivity contribution in [2.24, 2.45) is 0 Å². The molecule has 0 aliphatic carbocycles. The Balaban J connectivity index is 1.48. The van der Waals surface area contributed by atoms with Gasteiger partial charge in [-0.2, -0.15) is 4.98 Å². The lowest BCUT2D eigenvalue weighted by atomic mass is 10.2. The lowest BCUT2D eigenvalue weighted by molar-refractivity contribution is -0.121. The Morgan fingerprint density at radius 1 is 1.43 bits per heavy atom. The van der Waals surface area contributed by atoms with Crippen LogP contribution < -0.4 is 5.32 Å². The van der Waals surface area contributed by atoms with E-state index in [1.165, 1.54) is 0 Å². The molecule has 1 aliphatic rings. The van der Waals surface area contributed by atoms with Crippen molar-refractivity contribution in [3.63, 3.8) is 0 Å². The van der Waals surface area contributed by atoms with E-state index in [4.69, 9.17) is 21.1 Å². The average molecular weight is 337 g/mol. The van der Waals surface area contributed by atoms with Gasteiger partial charge in [-0.15, -0.1) is 5.10 Å². The van der Waals surface area contributed by atoms with Gasteiger partial charge in [-0.1, -0.05) is 11.6 Å². The maximum absolute atomic E-state index is 11.8. The van der Waals surface area contributed by atoms with E-state index in [2.05, 4.69) is 20.5 Å². The zero-order valence-electron chi connectivity index (χ0n) is 12.4. The van der Waals surface area contributed by atoms with Gasteiger partial charge < -0.3 is 9.47 Å². The monoisotopic (exact) mass is 336 g/mol. The highest BCUT2D eigenvalue weighted by atomic mass is 35.5. The van der Waals surface area contributed by atoms with Crippen LogP contribution in [0.15, 0.2) is 24.3 Å². The molecule has 0 unspecified atom stereocenters. The van der Waals surface area contributed by atoms with E-state index < -0.39 is 0 Å². The molecule has 2 aromatic rings. The zero-order chi connectivity index (χ0) is 16.1. The van der Waals surface area contributed by atoms with Crippen LogP contribution >= 0.6 is 11.6 Å². The van der Waals surface area contributed by atoms with Gasteiger partial charge in [0.05, 0.1) is 12.7 Å². The number of aromatic nitrogens is 3. The van der Waals surface area contributed by atoms with E-state index >= 15 is 0 Å². The Morgan fingerprint density at radius 2 is 2.26 bits per heavy atom. The molecule has 2 N–H and O–H groups in total. The van der Waals surface area contributed by atoms with E-state index in [0.717, 1.165) is 25.0 Å². The van der Waals surface area contributed by atoms with Gasteiger partial charge in [0, 0.05) is 17.2 Å². The molecule has 1 saturated heterocycles. The highest BCUT2D eigenvalue weighted by Gasteiger charge is 2.16. The number of ether oxygens (including phenoxy) is 2. The summed E-state index contributed by atoms with van der Waals surface area (Å²) in [5, 5.41) is 9.96. The topological polar surface area (TPSA) is 89.1 Å². The molecule has 23 heavy (non-hydrogen) atoms. The number of H-pyrrole nitrogens is 1. The predicted molar refractivity (Wildman–Crippen MR) is 85.3 cm³/mol. The minimum Gasteiger partial charge on any atom is -0.376 e. The van der Waals surface area contributed by atoms with Crippen LogP contribution in [-0.4, -0.2) is 47.0 Å². The first-order valence-corrected chi connectivity index (χ1v) is 7.76. The number of amides is 1. The van der Waals surface area contributed by atoms with Crippen molar-refractivity contribution in [3.8, 4) is 11.4 Å². The smallest absolute Gasteiger partial charge is 0.252 e. The van der Waals surface area contributed by atoms with Crippen molar-refractivity contribution in [2.75, 3.05) is 25.1 Å². The lowest BCUT2D eigenvalue weighted by Gasteiger charge is -2.09. The van der Waals surface area contributed by atoms with Gasteiger partial charge in [0.25, 0.3) is 5.91 Å². The number of hydrogen-bond donors (Lipinski definition) is 2. The van der Waals surface area contributed by atoms with E-state index in [1.54, 1.807) is 12.1 Å². The first-order chi connectivity index (χ1) is 11.2. The zero-order valence-corrected chi connectivity index (χ0v) is 13.2. The first kappa shape index (κ1) is 15.9. The molecule has 0 spiro atoms. The molecule has 0 bridgehead atoms. The quantitative estimate of drug-likeness (QED) is 0.844. The summed E-state index contributed by atoms with van der Waals surface area (Å²) >= 11 is 5.84. The number of benzene rings is 1. The van der Waals surface area contributed by atoms with Gasteiger partial charge in [0.1, 0.15) is 6.61 Å². The van der Waals surface area contributed by atoms with Crippen LogP contribution in [0.4, 0.5) is 5.95 Å². The summed E-state index contributed by atoms with van der Waals surface area (Å²) in [5.74, 6) is 0.461. The van der Waals surface area contributed by atoms with Gasteiger partial charge in [-0.05, 0) is 37.1 Å². The van der Waals surface area contributed by atoms with Crippen LogP contribution in [0.1, 0.15) is 12.8 Å². The molecule has 2 heterocycles. The number of anilines is 1. The van der Waals surface area contributed by atoms with Crippen LogP contribution in [0.2, 0.25) is 5.02 Å². The number of halogens is 1. The molecule has 1 amide bonds. The van der Waals surface area contributed by atoms with Crippen LogP contribution in [0.25, 0.3) is 11.4 Å². The van der Waals surface area contributed by atoms with Gasteiger partial charge in [-0.25, -0.2) is 0 Å². The largest absolute Gasteiger partial charge is 0.376 e. The van der Waals surface area contributed by atoms with Crippen molar-refractivity contribution in [1.29, 1.82) is 0 Å². The van der Waals surface area contributed by atoms with Crippen molar-refractivity contribution in [2.45, 2.75) is 18.9 Å². The molecular formula is C15H17ClN4O3. The normalized spacial score (nSPS) is 17.3. The maximum Gasteiger partial charge on any atom is 0.252 e. The van der Waals surface area contributed by atoms with Crippen LogP contribution in [0, 0.1) is 0 Å². The van der Waals surface area contributed by atoms with Crippen LogP contribution in [-0.2, 0) is 14.3 Å². The molecule has 122 valence electrons. The second-order valence-electron chi connectivity index (χ2n) is 5.21. The van der Waals surface area contributed by atoms with Gasteiger partial charge in [0.15, 0.2) is 5.82 Å². The Morgan fingerprint density at radius 3 is 3.00 bits per heavy atom. The lowest BCUT2D eigenvalue weighted by Crippen LogP contribution is -2.23. The van der Waals surface area contributed by atoms with E-state index in [-0.39, 0.29) is 24.6 Å². The summed E-state index contributed by atoms with van der Waals surface area (Å²) in [4.78, 5) is 16.0. The Bertz CT molecular complexity index is 653. The maximum atomic E-state index is 11.8. The first-order valence-electron chi connectivity index (χ1n) is 7.38. The number of rotatable bonds is 6. The molecule has 8 heteroatoms. The number of aromatic amines is 1. The number of carbonyl (C=O) groups is 1. The third kappa shape index (κ3) is 4.51. The summed E-state index contributed by atoms with van der Waals surface area (Å²) in [5.41, 5.74) is 0.831. The number of hydrogen-bond acceptors (Lipinski definition) is 5. The molecular weight excluding hydrogens is 320 g/mol. The molecule has 0 radical (unpaired) electrons. The van der Waals surface area contributed by atoms with Gasteiger partial charge in [-0.3, -0.25) is 15.2 Å². The molecule has 7 nitrogen and oxygen atoms in total. The number of nitrogens with zero attached hydrogens (tertiary/aromatic N) is 2. The Hall–Kier alpha value is -1.96.